The van der Waals surface area contributed by atoms with Crippen molar-refractivity contribution in [2.75, 3.05) is 7.11 Å². The number of nitrogens with zero attached hydrogens (tertiary/aromatic N) is 1. The van der Waals surface area contributed by atoms with Gasteiger partial charge in [0.15, 0.2) is 0 Å². The number of methoxy groups -OCH3 is 1. The summed E-state index contributed by atoms with van der Waals surface area (Å²) in [5, 5.41) is 0. The van der Waals surface area contributed by atoms with Crippen LogP contribution in [0.25, 0.3) is 0 Å². The Bertz CT molecular complexity index is 1230. The molecule has 0 unspecified atom stereocenters. The van der Waals surface area contributed by atoms with Crippen molar-refractivity contribution in [1.82, 2.24) is 0 Å². The minimum Gasteiger partial charge on any atom is -0.457 e. The van der Waals surface area contributed by atoms with Gasteiger partial charge in [0, 0.05) is 23.8 Å². The van der Waals surface area contributed by atoms with E-state index in [0.29, 0.717) is 18.6 Å². The Morgan fingerprint density at radius 1 is 0.875 bits per heavy atom. The number of hydrogen-bond acceptors (Lipinski definition) is 4. The lowest BCUT2D eigenvalue weighted by Crippen LogP contribution is -2.54. The van der Waals surface area contributed by atoms with E-state index in [9.17, 15) is 18.0 Å². The van der Waals surface area contributed by atoms with E-state index in [2.05, 4.69) is 6.58 Å². The summed E-state index contributed by atoms with van der Waals surface area (Å²) >= 11 is 0. The molecule has 1 aliphatic rings. The molecule has 0 radical (unpaired) electrons. The van der Waals surface area contributed by atoms with Crippen LogP contribution in [0.5, 0.6) is 0 Å². The lowest BCUT2D eigenvalue weighted by atomic mass is 9.82. The largest absolute Gasteiger partial charge is 0.457 e. The average Bonchev–Trinajstić information content (AvgIpc) is 2.99. The smallest absolute Gasteiger partial charge is 0.432 e. The van der Waals surface area contributed by atoms with Crippen LogP contribution in [-0.4, -0.2) is 37.1 Å². The predicted octanol–water partition coefficient (Wildman–Crippen LogP) is 7.67. The first-order valence-electron chi connectivity index (χ1n) is 13.5. The van der Waals surface area contributed by atoms with E-state index in [4.69, 9.17) is 14.5 Å². The highest BCUT2D eigenvalue weighted by Gasteiger charge is 2.64. The van der Waals surface area contributed by atoms with Crippen LogP contribution in [0, 0.1) is 5.92 Å². The summed E-state index contributed by atoms with van der Waals surface area (Å²) in [6, 6.07) is 25.1. The fraction of sp³-hybridized carbons (Fsp3) is 0.333. The van der Waals surface area contributed by atoms with Gasteiger partial charge in [0.2, 0.25) is 0 Å². The van der Waals surface area contributed by atoms with Crippen molar-refractivity contribution >= 4 is 11.7 Å². The number of rotatable bonds is 10. The van der Waals surface area contributed by atoms with Crippen LogP contribution in [-0.2, 0) is 19.9 Å². The third-order valence-corrected chi connectivity index (χ3v) is 7.48. The van der Waals surface area contributed by atoms with E-state index < -0.39 is 29.9 Å². The van der Waals surface area contributed by atoms with Crippen LogP contribution in [0.15, 0.2) is 109 Å². The molecule has 3 aromatic carbocycles. The van der Waals surface area contributed by atoms with Crippen LogP contribution in [0.1, 0.15) is 48.8 Å². The zero-order chi connectivity index (χ0) is 28.6. The fourth-order valence-electron chi connectivity index (χ4n) is 5.42. The van der Waals surface area contributed by atoms with E-state index >= 15 is 0 Å². The van der Waals surface area contributed by atoms with Gasteiger partial charge in [0.25, 0.3) is 5.60 Å². The van der Waals surface area contributed by atoms with Crippen LogP contribution < -0.4 is 0 Å². The lowest BCUT2D eigenvalue weighted by molar-refractivity contribution is -0.279. The van der Waals surface area contributed by atoms with Gasteiger partial charge >= 0.3 is 12.1 Å². The highest BCUT2D eigenvalue weighted by molar-refractivity contribution is 6.13. The molecule has 0 bridgehead atoms. The van der Waals surface area contributed by atoms with Crippen molar-refractivity contribution in [3.8, 4) is 0 Å². The lowest BCUT2D eigenvalue weighted by Gasteiger charge is -2.37. The van der Waals surface area contributed by atoms with Crippen molar-refractivity contribution in [2.24, 2.45) is 10.9 Å². The maximum atomic E-state index is 14.7. The maximum absolute atomic E-state index is 14.7. The summed E-state index contributed by atoms with van der Waals surface area (Å²) in [6.07, 6.45) is -0.247. The Hall–Kier alpha value is -3.71. The van der Waals surface area contributed by atoms with Gasteiger partial charge in [-0.15, -0.1) is 6.58 Å². The summed E-state index contributed by atoms with van der Waals surface area (Å²) in [5.41, 5.74) is -1.32. The minimum atomic E-state index is -5.07. The Morgan fingerprint density at radius 3 is 1.82 bits per heavy atom. The molecule has 1 aliphatic carbocycles. The summed E-state index contributed by atoms with van der Waals surface area (Å²) in [5.74, 6) is -1.69. The summed E-state index contributed by atoms with van der Waals surface area (Å²) in [6.45, 7) is 3.96. The molecule has 1 saturated carbocycles. The third-order valence-electron chi connectivity index (χ3n) is 7.48. The Balaban J connectivity index is 1.80. The molecule has 40 heavy (non-hydrogen) atoms. The molecule has 0 heterocycles. The van der Waals surface area contributed by atoms with E-state index in [1.807, 2.05) is 60.7 Å². The van der Waals surface area contributed by atoms with Crippen molar-refractivity contribution in [3.63, 3.8) is 0 Å². The third kappa shape index (κ3) is 6.20. The molecule has 1 fully saturated rings. The predicted molar refractivity (Wildman–Crippen MR) is 150 cm³/mol. The van der Waals surface area contributed by atoms with Crippen LogP contribution in [0.4, 0.5) is 13.2 Å². The molecule has 0 aliphatic heterocycles. The van der Waals surface area contributed by atoms with Crippen molar-refractivity contribution < 1.29 is 27.4 Å². The first-order chi connectivity index (χ1) is 19.3. The van der Waals surface area contributed by atoms with E-state index in [0.717, 1.165) is 37.5 Å². The van der Waals surface area contributed by atoms with Gasteiger partial charge in [-0.25, -0.2) is 4.79 Å². The molecule has 210 valence electrons. The van der Waals surface area contributed by atoms with E-state index in [1.165, 1.54) is 24.3 Å². The molecule has 0 saturated heterocycles. The molecule has 0 amide bonds. The number of aliphatic imine (C=N–C) groups is 1. The van der Waals surface area contributed by atoms with Crippen LogP contribution in [0.2, 0.25) is 0 Å². The van der Waals surface area contributed by atoms with Gasteiger partial charge in [-0.1, -0.05) is 116 Å². The average molecular weight is 550 g/mol. The van der Waals surface area contributed by atoms with Crippen LogP contribution >= 0.6 is 0 Å². The molecule has 4 rings (SSSR count). The Kier molecular flexibility index (Phi) is 9.58. The summed E-state index contributed by atoms with van der Waals surface area (Å²) in [7, 11) is 0.878. The number of carbonyl (C=O) groups is 1. The van der Waals surface area contributed by atoms with Gasteiger partial charge in [0.05, 0.1) is 5.71 Å². The fourth-order valence-corrected chi connectivity index (χ4v) is 5.42. The number of alkyl halides is 3. The maximum Gasteiger partial charge on any atom is 0.432 e. The molecule has 7 heteroatoms. The molecular formula is C33H34F3NO3. The second-order valence-electron chi connectivity index (χ2n) is 9.95. The van der Waals surface area contributed by atoms with Crippen molar-refractivity contribution in [1.29, 1.82) is 0 Å². The molecule has 0 aromatic heterocycles. The van der Waals surface area contributed by atoms with E-state index in [1.54, 1.807) is 12.1 Å². The van der Waals surface area contributed by atoms with Gasteiger partial charge in [-0.2, -0.15) is 13.2 Å². The molecule has 3 atom stereocenters. The first-order valence-corrected chi connectivity index (χ1v) is 13.5. The number of esters is 1. The Labute approximate surface area is 233 Å². The normalized spacial score (nSPS) is 17.2. The number of hydrogen-bond donors (Lipinski definition) is 0. The zero-order valence-corrected chi connectivity index (χ0v) is 22.5. The quantitative estimate of drug-likeness (QED) is 0.148. The van der Waals surface area contributed by atoms with Gasteiger partial charge in [0.1, 0.15) is 12.1 Å². The number of benzene rings is 3. The van der Waals surface area contributed by atoms with Gasteiger partial charge in [-0.05, 0) is 18.8 Å². The standard InChI is InChI=1S/C33H34F3NO3/c1-3-28(37-29(24-16-8-4-9-17-24)25-18-10-5-11-19-25)30(26-20-12-6-13-21-26)40-31(38)32(39-2,33(34,35)36)27-22-14-7-15-23-27/h3-5,7-11,14-19,22-23,26,28,30H,1,6,12-13,20-21H2,2H3/t28-,30+,32+/m0/s1. The van der Waals surface area contributed by atoms with Crippen LogP contribution in [0.3, 0.4) is 0 Å². The summed E-state index contributed by atoms with van der Waals surface area (Å²) < 4.78 is 54.9. The SMILES string of the molecule is C=C[C@H](N=C(c1ccccc1)c1ccccc1)[C@H](OC(=O)[C@](OC)(c1ccccc1)C(F)(F)F)C1CCCCC1. The zero-order valence-electron chi connectivity index (χ0n) is 22.5. The topological polar surface area (TPSA) is 47.9 Å². The highest BCUT2D eigenvalue weighted by Crippen LogP contribution is 2.44. The highest BCUT2D eigenvalue weighted by atomic mass is 19.4. The monoisotopic (exact) mass is 549 g/mol. The Morgan fingerprint density at radius 2 is 1.38 bits per heavy atom. The summed E-state index contributed by atoms with van der Waals surface area (Å²) in [4.78, 5) is 18.7. The molecule has 3 aromatic rings. The first kappa shape index (κ1) is 29.3. The van der Waals surface area contributed by atoms with Crippen molar-refractivity contribution in [3.05, 3.63) is 120 Å². The second-order valence-corrected chi connectivity index (χ2v) is 9.95. The van der Waals surface area contributed by atoms with Gasteiger partial charge in [-0.3, -0.25) is 4.99 Å². The molecular weight excluding hydrogens is 515 g/mol. The van der Waals surface area contributed by atoms with Crippen molar-refractivity contribution in [2.45, 2.75) is 56.0 Å². The molecule has 0 spiro atoms. The van der Waals surface area contributed by atoms with Gasteiger partial charge < -0.3 is 9.47 Å². The number of halogens is 3. The minimum absolute atomic E-state index is 0.184. The second kappa shape index (κ2) is 13.1. The molecule has 0 N–H and O–H groups in total. The molecule has 4 nitrogen and oxygen atoms in total. The van der Waals surface area contributed by atoms with E-state index in [-0.39, 0.29) is 11.5 Å². The number of ether oxygens (including phenoxy) is 2. The number of carbonyl (C=O) groups excluding carboxylic acids is 1.